The summed E-state index contributed by atoms with van der Waals surface area (Å²) in [5.74, 6) is 1.00. The third-order valence-corrected chi connectivity index (χ3v) is 3.38. The van der Waals surface area contributed by atoms with Gasteiger partial charge < -0.3 is 5.32 Å². The lowest BCUT2D eigenvalue weighted by atomic mass is 10.1. The maximum Gasteiger partial charge on any atom is 0.157 e. The average Bonchev–Trinajstić information content (AvgIpc) is 2.68. The van der Waals surface area contributed by atoms with E-state index in [2.05, 4.69) is 15.3 Å². The van der Waals surface area contributed by atoms with Crippen molar-refractivity contribution >= 4 is 28.5 Å². The number of rotatable bonds is 2. The molecule has 0 saturated carbocycles. The smallest absolute Gasteiger partial charge is 0.157 e. The molecule has 1 aromatic heterocycles. The summed E-state index contributed by atoms with van der Waals surface area (Å²) in [7, 11) is 0. The second-order valence-electron chi connectivity index (χ2n) is 3.20. The Morgan fingerprint density at radius 1 is 1.67 bits per heavy atom. The molecule has 3 nitrogen and oxygen atoms in total. The molecule has 5 heteroatoms. The van der Waals surface area contributed by atoms with Crippen LogP contribution in [0, 0.1) is 0 Å². The summed E-state index contributed by atoms with van der Waals surface area (Å²) in [6.45, 7) is 2.85. The van der Waals surface area contributed by atoms with E-state index in [1.807, 2.05) is 25.3 Å². The molecule has 1 unspecified atom stereocenters. The molecule has 80 valence electrons. The highest BCUT2D eigenvalue weighted by atomic mass is 35.5. The van der Waals surface area contributed by atoms with Crippen LogP contribution in [0.25, 0.3) is 0 Å². The highest BCUT2D eigenvalue weighted by molar-refractivity contribution is 8.14. The lowest BCUT2D eigenvalue weighted by Crippen LogP contribution is -2.19. The summed E-state index contributed by atoms with van der Waals surface area (Å²) in [6.07, 6.45) is 1.81. The van der Waals surface area contributed by atoms with Crippen LogP contribution in [-0.2, 0) is 0 Å². The fourth-order valence-electron chi connectivity index (χ4n) is 1.40. The Morgan fingerprint density at radius 2 is 2.53 bits per heavy atom. The first-order chi connectivity index (χ1) is 7.29. The van der Waals surface area contributed by atoms with Gasteiger partial charge >= 0.3 is 0 Å². The molecule has 0 aromatic carbocycles. The van der Waals surface area contributed by atoms with Gasteiger partial charge in [0.2, 0.25) is 0 Å². The highest BCUT2D eigenvalue weighted by Crippen LogP contribution is 2.25. The van der Waals surface area contributed by atoms with E-state index in [-0.39, 0.29) is 0 Å². The fourth-order valence-corrected chi connectivity index (χ4v) is 2.56. The van der Waals surface area contributed by atoms with E-state index in [1.54, 1.807) is 11.8 Å². The monoisotopic (exact) mass is 241 g/mol. The van der Waals surface area contributed by atoms with Crippen LogP contribution in [0.2, 0.25) is 5.15 Å². The Morgan fingerprint density at radius 3 is 3.20 bits per heavy atom. The number of aliphatic imine (C=N–C) groups is 1. The van der Waals surface area contributed by atoms with E-state index in [1.165, 1.54) is 0 Å². The van der Waals surface area contributed by atoms with Crippen LogP contribution >= 0.6 is 23.4 Å². The van der Waals surface area contributed by atoms with E-state index in [9.17, 15) is 0 Å². The summed E-state index contributed by atoms with van der Waals surface area (Å²) in [5, 5.41) is 4.92. The van der Waals surface area contributed by atoms with Crippen LogP contribution in [0.5, 0.6) is 0 Å². The van der Waals surface area contributed by atoms with Gasteiger partial charge in [0.1, 0.15) is 5.15 Å². The first-order valence-corrected chi connectivity index (χ1v) is 6.21. The number of amidine groups is 1. The Labute approximate surface area is 98.3 Å². The van der Waals surface area contributed by atoms with Gasteiger partial charge in [-0.3, -0.25) is 4.99 Å². The molecule has 0 radical (unpaired) electrons. The molecule has 1 aliphatic rings. The van der Waals surface area contributed by atoms with Gasteiger partial charge in [-0.2, -0.15) is 0 Å². The molecule has 1 atom stereocenters. The zero-order chi connectivity index (χ0) is 10.7. The van der Waals surface area contributed by atoms with Crippen molar-refractivity contribution in [2.24, 2.45) is 4.99 Å². The Hall–Kier alpha value is -0.740. The minimum absolute atomic E-state index is 0.310. The zero-order valence-electron chi connectivity index (χ0n) is 8.40. The molecule has 0 aliphatic carbocycles. The second-order valence-corrected chi connectivity index (χ2v) is 4.60. The van der Waals surface area contributed by atoms with Crippen molar-refractivity contribution in [2.45, 2.75) is 13.0 Å². The standard InChI is InChI=1S/C10H12ClN3S/c1-2-12-10-14-8(6-15-10)7-3-4-9(11)13-5-7/h3-5,8H,2,6H2,1H3,(H,12,14). The van der Waals surface area contributed by atoms with Crippen molar-refractivity contribution in [3.8, 4) is 0 Å². The lowest BCUT2D eigenvalue weighted by Gasteiger charge is -2.09. The average molecular weight is 242 g/mol. The van der Waals surface area contributed by atoms with Crippen molar-refractivity contribution in [2.75, 3.05) is 12.3 Å². The summed E-state index contributed by atoms with van der Waals surface area (Å²) in [6, 6.07) is 4.13. The van der Waals surface area contributed by atoms with Crippen molar-refractivity contribution < 1.29 is 0 Å². The van der Waals surface area contributed by atoms with Crippen LogP contribution in [0.15, 0.2) is 23.3 Å². The molecule has 1 aliphatic heterocycles. The van der Waals surface area contributed by atoms with Gasteiger partial charge in [-0.25, -0.2) is 4.98 Å². The number of hydrogen-bond acceptors (Lipinski definition) is 3. The van der Waals surface area contributed by atoms with Crippen molar-refractivity contribution in [1.29, 1.82) is 0 Å². The molecule has 1 fully saturated rings. The lowest BCUT2D eigenvalue weighted by molar-refractivity contribution is 0.745. The minimum Gasteiger partial charge on any atom is -0.357 e. The van der Waals surface area contributed by atoms with Crippen LogP contribution in [-0.4, -0.2) is 22.4 Å². The molecule has 0 amide bonds. The van der Waals surface area contributed by atoms with Gasteiger partial charge in [0.15, 0.2) is 5.17 Å². The molecule has 1 saturated heterocycles. The predicted molar refractivity (Wildman–Crippen MR) is 65.6 cm³/mol. The second kappa shape index (κ2) is 4.86. The first kappa shape index (κ1) is 10.8. The molecular weight excluding hydrogens is 230 g/mol. The predicted octanol–water partition coefficient (Wildman–Crippen LogP) is 2.49. The molecular formula is C10H12ClN3S. The van der Waals surface area contributed by atoms with Crippen LogP contribution in [0.1, 0.15) is 18.5 Å². The third-order valence-electron chi connectivity index (χ3n) is 2.14. The summed E-state index contributed by atoms with van der Waals surface area (Å²) < 4.78 is 0. The van der Waals surface area contributed by atoms with Crippen molar-refractivity contribution in [3.05, 3.63) is 29.0 Å². The number of halogens is 1. The molecule has 1 N–H and O–H groups in total. The van der Waals surface area contributed by atoms with Gasteiger partial charge in [0, 0.05) is 18.5 Å². The minimum atomic E-state index is 0.310. The molecule has 15 heavy (non-hydrogen) atoms. The van der Waals surface area contributed by atoms with Crippen LogP contribution < -0.4 is 5.32 Å². The van der Waals surface area contributed by atoms with E-state index in [0.29, 0.717) is 11.2 Å². The van der Waals surface area contributed by atoms with E-state index in [4.69, 9.17) is 11.6 Å². The Balaban J connectivity index is 2.07. The van der Waals surface area contributed by atoms with Gasteiger partial charge in [-0.1, -0.05) is 29.4 Å². The number of aromatic nitrogens is 1. The highest BCUT2D eigenvalue weighted by Gasteiger charge is 2.21. The van der Waals surface area contributed by atoms with E-state index >= 15 is 0 Å². The molecule has 0 bridgehead atoms. The largest absolute Gasteiger partial charge is 0.357 e. The normalized spacial score (nSPS) is 23.1. The Kier molecular flexibility index (Phi) is 3.49. The SMILES string of the molecule is CCN=C1NC(c2ccc(Cl)nc2)CS1. The zero-order valence-corrected chi connectivity index (χ0v) is 9.98. The maximum atomic E-state index is 5.74. The number of nitrogens with zero attached hydrogens (tertiary/aromatic N) is 2. The van der Waals surface area contributed by atoms with E-state index in [0.717, 1.165) is 23.0 Å². The van der Waals surface area contributed by atoms with Crippen molar-refractivity contribution in [1.82, 2.24) is 10.3 Å². The molecule has 0 spiro atoms. The summed E-state index contributed by atoms with van der Waals surface area (Å²) >= 11 is 7.49. The maximum absolute atomic E-state index is 5.74. The molecule has 1 aromatic rings. The van der Waals surface area contributed by atoms with Crippen LogP contribution in [0.3, 0.4) is 0 Å². The van der Waals surface area contributed by atoms with Gasteiger partial charge in [0.25, 0.3) is 0 Å². The number of nitrogens with one attached hydrogen (secondary N) is 1. The van der Waals surface area contributed by atoms with Gasteiger partial charge in [-0.15, -0.1) is 0 Å². The quantitative estimate of drug-likeness (QED) is 0.809. The molecule has 2 rings (SSSR count). The first-order valence-electron chi connectivity index (χ1n) is 4.85. The number of thioether (sulfide) groups is 1. The summed E-state index contributed by atoms with van der Waals surface area (Å²) in [4.78, 5) is 8.41. The van der Waals surface area contributed by atoms with E-state index < -0.39 is 0 Å². The number of hydrogen-bond donors (Lipinski definition) is 1. The molecule has 2 heterocycles. The van der Waals surface area contributed by atoms with Gasteiger partial charge in [0.05, 0.1) is 6.04 Å². The fraction of sp³-hybridized carbons (Fsp3) is 0.400. The van der Waals surface area contributed by atoms with Crippen molar-refractivity contribution in [3.63, 3.8) is 0 Å². The number of pyridine rings is 1. The van der Waals surface area contributed by atoms with Gasteiger partial charge in [-0.05, 0) is 18.6 Å². The third kappa shape index (κ3) is 2.63. The Bertz CT molecular complexity index is 363. The summed E-state index contributed by atoms with van der Waals surface area (Å²) in [5.41, 5.74) is 1.16. The van der Waals surface area contributed by atoms with Crippen LogP contribution in [0.4, 0.5) is 0 Å². The topological polar surface area (TPSA) is 37.3 Å².